The monoisotopic (exact) mass is 802 g/mol. The number of carbonyl (C=O) groups is 4. The fourth-order valence-electron chi connectivity index (χ4n) is 9.91. The molecule has 2 saturated heterocycles. The van der Waals surface area contributed by atoms with Crippen LogP contribution < -0.4 is 10.6 Å². The van der Waals surface area contributed by atoms with Crippen LogP contribution in [0.2, 0.25) is 0 Å². The number of hydrogen-bond donors (Lipinski definition) is 4. The van der Waals surface area contributed by atoms with Crippen LogP contribution in [0.4, 0.5) is 9.59 Å². The van der Waals surface area contributed by atoms with Gasteiger partial charge in [0.15, 0.2) is 0 Å². The molecule has 9 rings (SSSR count). The summed E-state index contributed by atoms with van der Waals surface area (Å²) in [5, 5.41) is 5.52. The van der Waals surface area contributed by atoms with E-state index in [0.29, 0.717) is 11.8 Å². The molecule has 8 atom stereocenters. The molecular weight excluding hydrogens is 749 g/mol. The van der Waals surface area contributed by atoms with E-state index in [1.807, 2.05) is 43.7 Å². The number of ether oxygens (including phenoxy) is 2. The summed E-state index contributed by atoms with van der Waals surface area (Å²) < 4.78 is 9.65. The number of aromatic nitrogens is 4. The van der Waals surface area contributed by atoms with Crippen LogP contribution in [0, 0.1) is 23.7 Å². The molecule has 2 saturated carbocycles. The maximum absolute atomic E-state index is 14.0. The van der Waals surface area contributed by atoms with Crippen molar-refractivity contribution in [1.29, 1.82) is 0 Å². The molecule has 0 spiro atoms. The Bertz CT molecular complexity index is 2280. The van der Waals surface area contributed by atoms with Gasteiger partial charge in [-0.15, -0.1) is 0 Å². The van der Waals surface area contributed by atoms with Crippen LogP contribution in [0.3, 0.4) is 0 Å². The lowest BCUT2D eigenvalue weighted by molar-refractivity contribution is -0.137. The summed E-state index contributed by atoms with van der Waals surface area (Å²) in [7, 11) is 2.62. The van der Waals surface area contributed by atoms with Crippen molar-refractivity contribution in [3.05, 3.63) is 71.6 Å². The molecule has 4 fully saturated rings. The molecular formula is C45H54N8O6. The molecule has 2 aliphatic heterocycles. The van der Waals surface area contributed by atoms with Gasteiger partial charge in [0.2, 0.25) is 11.8 Å². The number of benzene rings is 2. The molecule has 5 aliphatic rings. The molecule has 2 aromatic carbocycles. The zero-order valence-corrected chi connectivity index (χ0v) is 34.6. The Morgan fingerprint density at radius 3 is 1.85 bits per heavy atom. The molecule has 14 nitrogen and oxygen atoms in total. The zero-order chi connectivity index (χ0) is 41.3. The predicted octanol–water partition coefficient (Wildman–Crippen LogP) is 6.71. The average molecular weight is 803 g/mol. The SMILES string of the molecule is COC(=O)N[C@H](C(=O)N1[C@@H]2CC2C[C@H]1c1ncc(-c2ccc(-c3ccc4c(c3)CCCc3[nH]c([C@@H]5CC6C[C@H]6N5C(=O)[C@@H](NC(=O)OC)C(C)C)nc3-4)cc2)[nH]1)C(C)C. The van der Waals surface area contributed by atoms with Gasteiger partial charge < -0.3 is 39.9 Å². The lowest BCUT2D eigenvalue weighted by Crippen LogP contribution is -2.52. The molecule has 310 valence electrons. The Balaban J connectivity index is 0.914. The third-order valence-corrected chi connectivity index (χ3v) is 13.3. The molecule has 14 heteroatoms. The minimum atomic E-state index is -0.675. The number of piperidine rings is 2. The summed E-state index contributed by atoms with van der Waals surface area (Å²) in [5.41, 5.74) is 8.56. The van der Waals surface area contributed by atoms with Crippen LogP contribution in [-0.2, 0) is 31.9 Å². The number of aromatic amines is 2. The molecule has 2 aromatic heterocycles. The first kappa shape index (κ1) is 38.8. The van der Waals surface area contributed by atoms with E-state index in [-0.39, 0.29) is 47.8 Å². The van der Waals surface area contributed by atoms with E-state index in [4.69, 9.17) is 19.4 Å². The number of aryl methyl sites for hydroxylation is 2. The normalized spacial score (nSPS) is 24.7. The average Bonchev–Trinajstić information content (AvgIpc) is 3.90. The first-order valence-electron chi connectivity index (χ1n) is 21.1. The van der Waals surface area contributed by atoms with E-state index in [1.54, 1.807) is 0 Å². The van der Waals surface area contributed by atoms with Gasteiger partial charge in [-0.3, -0.25) is 9.59 Å². The maximum Gasteiger partial charge on any atom is 0.407 e. The number of amides is 4. The number of nitrogens with one attached hydrogen (secondary N) is 4. The number of rotatable bonds is 10. The number of methoxy groups -OCH3 is 2. The second-order valence-corrected chi connectivity index (χ2v) is 17.8. The fraction of sp³-hybridized carbons (Fsp3) is 0.511. The highest BCUT2D eigenvalue weighted by Crippen LogP contribution is 2.55. The lowest BCUT2D eigenvalue weighted by Gasteiger charge is -2.32. The number of carbonyl (C=O) groups excluding carboxylic acids is 4. The number of alkyl carbamates (subject to hydrolysis) is 2. The second-order valence-electron chi connectivity index (χ2n) is 17.8. The van der Waals surface area contributed by atoms with E-state index >= 15 is 0 Å². The van der Waals surface area contributed by atoms with Crippen molar-refractivity contribution >= 4 is 24.0 Å². The van der Waals surface area contributed by atoms with Crippen LogP contribution in [0.5, 0.6) is 0 Å². The van der Waals surface area contributed by atoms with Gasteiger partial charge in [0.1, 0.15) is 23.7 Å². The number of H-pyrrole nitrogens is 2. The van der Waals surface area contributed by atoms with Gasteiger partial charge in [-0.1, -0.05) is 70.2 Å². The van der Waals surface area contributed by atoms with Crippen molar-refractivity contribution in [2.75, 3.05) is 14.2 Å². The maximum atomic E-state index is 14.0. The number of imidazole rings is 2. The summed E-state index contributed by atoms with van der Waals surface area (Å²) >= 11 is 0. The van der Waals surface area contributed by atoms with E-state index in [0.717, 1.165) is 95.9 Å². The minimum absolute atomic E-state index is 0.0779. The highest BCUT2D eigenvalue weighted by molar-refractivity contribution is 5.88. The Morgan fingerprint density at radius 1 is 0.712 bits per heavy atom. The van der Waals surface area contributed by atoms with Crippen molar-refractivity contribution in [3.8, 4) is 33.6 Å². The number of nitrogens with zero attached hydrogens (tertiary/aromatic N) is 4. The van der Waals surface area contributed by atoms with Gasteiger partial charge in [0.05, 0.1) is 43.9 Å². The van der Waals surface area contributed by atoms with Crippen LogP contribution in [0.15, 0.2) is 48.7 Å². The third kappa shape index (κ3) is 7.14. The molecule has 2 unspecified atom stereocenters. The van der Waals surface area contributed by atoms with Gasteiger partial charge in [0, 0.05) is 23.3 Å². The standard InChI is InChI=1S/C45H54N8O6/c1-22(2)37(50-44(56)58-5)42(54)52-33-17-28(33)19-35(52)40-46-21-32(48-40)25-12-10-24(11-13-25)26-14-15-30-27(16-26)8-7-9-31-39(30)49-41(47-31)36-20-29-18-34(29)53(36)43(55)38(23(3)4)51-45(57)59-6/h10-16,21-23,28-29,33-38H,7-9,17-20H2,1-6H3,(H,46,48)(H,47,49)(H,50,56)(H,51,57)/t28?,29?,33-,34-,35+,36+,37+,38+/m1/s1. The largest absolute Gasteiger partial charge is 0.453 e. The van der Waals surface area contributed by atoms with Crippen molar-refractivity contribution in [2.45, 2.75) is 109 Å². The van der Waals surface area contributed by atoms with Gasteiger partial charge in [-0.2, -0.15) is 0 Å². The first-order valence-corrected chi connectivity index (χ1v) is 21.1. The van der Waals surface area contributed by atoms with Crippen molar-refractivity contribution in [1.82, 2.24) is 40.4 Å². The Hall–Kier alpha value is -5.66. The summed E-state index contributed by atoms with van der Waals surface area (Å²) in [6, 6.07) is 13.8. The van der Waals surface area contributed by atoms with E-state index < -0.39 is 24.3 Å². The smallest absolute Gasteiger partial charge is 0.407 e. The molecule has 0 radical (unpaired) electrons. The highest BCUT2D eigenvalue weighted by atomic mass is 16.5. The summed E-state index contributed by atoms with van der Waals surface area (Å²) in [6.45, 7) is 7.73. The van der Waals surface area contributed by atoms with Crippen molar-refractivity contribution < 1.29 is 28.7 Å². The second kappa shape index (κ2) is 15.2. The lowest BCUT2D eigenvalue weighted by atomic mass is 9.95. The van der Waals surface area contributed by atoms with E-state index in [9.17, 15) is 19.2 Å². The van der Waals surface area contributed by atoms with Crippen LogP contribution in [-0.4, -0.2) is 92.1 Å². The molecule has 4 heterocycles. The summed E-state index contributed by atoms with van der Waals surface area (Å²) in [4.78, 5) is 73.1. The fourth-order valence-corrected chi connectivity index (χ4v) is 9.91. The van der Waals surface area contributed by atoms with Gasteiger partial charge >= 0.3 is 12.2 Å². The van der Waals surface area contributed by atoms with Crippen molar-refractivity contribution in [2.24, 2.45) is 23.7 Å². The molecule has 4 aromatic rings. The number of hydrogen-bond acceptors (Lipinski definition) is 8. The zero-order valence-electron chi connectivity index (χ0n) is 34.6. The van der Waals surface area contributed by atoms with Crippen LogP contribution in [0.1, 0.15) is 94.8 Å². The van der Waals surface area contributed by atoms with Crippen LogP contribution in [0.25, 0.3) is 33.6 Å². The highest BCUT2D eigenvalue weighted by Gasteiger charge is 2.57. The summed E-state index contributed by atoms with van der Waals surface area (Å²) in [6.07, 6.45) is 7.09. The predicted molar refractivity (Wildman–Crippen MR) is 220 cm³/mol. The van der Waals surface area contributed by atoms with E-state index in [2.05, 4.69) is 63.1 Å². The van der Waals surface area contributed by atoms with Crippen molar-refractivity contribution in [3.63, 3.8) is 0 Å². The van der Waals surface area contributed by atoms with Crippen LogP contribution >= 0.6 is 0 Å². The molecule has 0 bridgehead atoms. The Morgan fingerprint density at radius 2 is 1.27 bits per heavy atom. The minimum Gasteiger partial charge on any atom is -0.453 e. The number of fused-ring (bicyclic) bond motifs is 5. The van der Waals surface area contributed by atoms with Gasteiger partial charge in [-0.05, 0) is 90.9 Å². The topological polar surface area (TPSA) is 175 Å². The molecule has 4 amide bonds. The third-order valence-electron chi connectivity index (χ3n) is 13.3. The van der Waals surface area contributed by atoms with E-state index in [1.165, 1.54) is 19.8 Å². The Kier molecular flexibility index (Phi) is 9.99. The van der Waals surface area contributed by atoms with Gasteiger partial charge in [0.25, 0.3) is 0 Å². The summed E-state index contributed by atoms with van der Waals surface area (Å²) in [5.74, 6) is 2.13. The molecule has 4 N–H and O–H groups in total. The quantitative estimate of drug-likeness (QED) is 0.137. The Labute approximate surface area is 344 Å². The molecule has 59 heavy (non-hydrogen) atoms. The molecule has 3 aliphatic carbocycles. The first-order chi connectivity index (χ1) is 28.4. The number of likely N-dealkylation sites (tertiary alicyclic amines) is 2. The van der Waals surface area contributed by atoms with Gasteiger partial charge in [-0.25, -0.2) is 19.6 Å².